The molecule has 0 unspecified atom stereocenters. The number of nitrogens with one attached hydrogen (secondary N) is 3. The van der Waals surface area contributed by atoms with Crippen molar-refractivity contribution in [1.29, 1.82) is 10.7 Å². The number of carboxylic acid groups (broad SMARTS) is 1. The highest BCUT2D eigenvalue weighted by molar-refractivity contribution is 5.83. The molecular weight excluding hydrogens is 1610 g/mol. The first-order chi connectivity index (χ1) is 60.8. The Bertz CT molecular complexity index is 4660. The van der Waals surface area contributed by atoms with Crippen LogP contribution in [-0.4, -0.2) is 173 Å². The van der Waals surface area contributed by atoms with Crippen LogP contribution in [0.2, 0.25) is 0 Å². The first-order valence-corrected chi connectivity index (χ1v) is 47.9. The number of carbonyl (C=O) groups is 5. The Morgan fingerprint density at radius 3 is 1.23 bits per heavy atom. The van der Waals surface area contributed by atoms with Crippen molar-refractivity contribution in [3.63, 3.8) is 0 Å². The first-order valence-electron chi connectivity index (χ1n) is 47.9. The standard InChI is InChI=1S/C32H46N4O5.C22H30N4O.C21H30N2O3.C20H26N2O2.C8H14O2/c1-30(2,3)39-28(37)33-23-14-12-22(13-15-23)27-34-26(35-41-27)19-32(16-17-32)20-36(29(38)40-31(4,5)6)25-18-24(25)21-10-8-7-9-11-21;23-17-8-6-16(7-9-17)21-25-20(26-27-21)13-22(10-11-22)14-24-19-12-18(19)15-4-2-1-3-5-15;1-20(2,3)26-19(25)23(14-21(9-10-21)12-16(22)13-24)18-11-17(18)15-7-5-4-6-8-15;1-19(2,3)24-18(23)22(14-20(9-10-20)11-12-21)17-13-16(17)15-7-5-4-6-8-15;1-6-2-4-7(5-3-6)8(9)10/h7-11,22-25H,12-20H2,1-6H3,(H,33,37);1-5,16-19,24H,6-14,23H2;4-8,17-18,22,24H,9-14H2,1-3H3;4-8,16-17H,9-11,13-14H2,1-3H3;6-7H,2-5H2,1H3,(H,9,10)/t22?,23?,24-,25+;16?,17?,18-,19+;17-,18+;16-,17+;/m0000./s1. The number of aliphatic carboxylic acids is 1. The number of nitriles is 1. The largest absolute Gasteiger partial charge is 0.481 e. The van der Waals surface area contributed by atoms with Crippen LogP contribution in [0.1, 0.15) is 338 Å². The molecule has 25 heteroatoms. The molecule has 0 bridgehead atoms. The lowest BCUT2D eigenvalue weighted by molar-refractivity contribution is -0.143. The molecule has 4 aromatic carbocycles. The van der Waals surface area contributed by atoms with Gasteiger partial charge in [0.25, 0.3) is 0 Å². The molecule has 4 amide bonds. The van der Waals surface area contributed by atoms with E-state index in [2.05, 4.69) is 113 Å². The quantitative estimate of drug-likeness (QED) is 0.0196. The Morgan fingerprint density at radius 2 is 0.867 bits per heavy atom. The molecule has 11 aliphatic rings. The second-order valence-corrected chi connectivity index (χ2v) is 43.9. The van der Waals surface area contributed by atoms with E-state index in [1.54, 1.807) is 0 Å². The molecular formula is C103H146N12O13. The summed E-state index contributed by atoms with van der Waals surface area (Å²) in [5, 5.41) is 50.2. The van der Waals surface area contributed by atoms with Gasteiger partial charge in [-0.1, -0.05) is 139 Å². The minimum atomic E-state index is -0.605. The zero-order valence-electron chi connectivity index (χ0n) is 78.5. The van der Waals surface area contributed by atoms with Crippen LogP contribution in [0.15, 0.2) is 130 Å². The molecule has 0 radical (unpaired) electrons. The summed E-state index contributed by atoms with van der Waals surface area (Å²) in [4.78, 5) is 76.9. The van der Waals surface area contributed by atoms with E-state index in [1.807, 2.05) is 140 Å². The molecule has 25 nitrogen and oxygen atoms in total. The lowest BCUT2D eigenvalue weighted by atomic mass is 9.83. The molecule has 0 saturated heterocycles. The third-order valence-corrected chi connectivity index (χ3v) is 27.7. The number of carbonyl (C=O) groups excluding carboxylic acids is 4. The molecule has 17 rings (SSSR count). The maximum absolute atomic E-state index is 13.4. The van der Waals surface area contributed by atoms with Gasteiger partial charge in [-0.25, -0.2) is 19.2 Å². The van der Waals surface area contributed by atoms with Crippen LogP contribution in [0, 0.1) is 50.2 Å². The van der Waals surface area contributed by atoms with E-state index >= 15 is 0 Å². The molecule has 11 aliphatic carbocycles. The van der Waals surface area contributed by atoms with Crippen LogP contribution in [0.3, 0.4) is 0 Å². The number of alkyl carbamates (subject to hydrolysis) is 1. The zero-order chi connectivity index (χ0) is 91.6. The summed E-state index contributed by atoms with van der Waals surface area (Å²) >= 11 is 0. The predicted molar refractivity (Wildman–Crippen MR) is 492 cm³/mol. The zero-order valence-corrected chi connectivity index (χ0v) is 78.5. The van der Waals surface area contributed by atoms with Gasteiger partial charge in [0.15, 0.2) is 11.6 Å². The summed E-state index contributed by atoms with van der Waals surface area (Å²) in [6.07, 6.45) is 26.1. The van der Waals surface area contributed by atoms with Crippen LogP contribution in [0.25, 0.3) is 0 Å². The van der Waals surface area contributed by atoms with Gasteiger partial charge in [0, 0.05) is 128 Å². The molecule has 0 spiro atoms. The van der Waals surface area contributed by atoms with E-state index in [9.17, 15) is 29.1 Å². The summed E-state index contributed by atoms with van der Waals surface area (Å²) < 4.78 is 33.9. The van der Waals surface area contributed by atoms with E-state index in [4.69, 9.17) is 59.5 Å². The van der Waals surface area contributed by atoms with Crippen molar-refractivity contribution in [2.24, 2.45) is 39.2 Å². The van der Waals surface area contributed by atoms with Gasteiger partial charge >= 0.3 is 30.3 Å². The van der Waals surface area contributed by atoms with E-state index < -0.39 is 28.4 Å². The van der Waals surface area contributed by atoms with Gasteiger partial charge in [-0.3, -0.25) is 4.79 Å². The summed E-state index contributed by atoms with van der Waals surface area (Å²) in [5.74, 6) is 5.62. The molecule has 11 saturated carbocycles. The number of ether oxygens (including phenoxy) is 4. The topological polar surface area (TPSA) is 348 Å². The number of amides is 4. The fourth-order valence-corrected chi connectivity index (χ4v) is 19.1. The molecule has 0 aliphatic heterocycles. The Labute approximate surface area is 759 Å². The number of aliphatic hydroxyl groups is 1. The van der Waals surface area contributed by atoms with Crippen LogP contribution in [0.5, 0.6) is 0 Å². The van der Waals surface area contributed by atoms with E-state index in [0.29, 0.717) is 103 Å². The number of hydrogen-bond acceptors (Lipinski definition) is 20. The maximum atomic E-state index is 13.4. The second-order valence-electron chi connectivity index (χ2n) is 43.9. The van der Waals surface area contributed by atoms with Crippen molar-refractivity contribution in [3.05, 3.63) is 167 Å². The molecule has 696 valence electrons. The number of aliphatic hydroxyl groups excluding tert-OH is 1. The van der Waals surface area contributed by atoms with Crippen molar-refractivity contribution in [3.8, 4) is 6.07 Å². The fourth-order valence-electron chi connectivity index (χ4n) is 19.1. The van der Waals surface area contributed by atoms with Crippen molar-refractivity contribution in [2.45, 2.75) is 364 Å². The minimum absolute atomic E-state index is 0.00448. The van der Waals surface area contributed by atoms with Crippen LogP contribution in [0.4, 0.5) is 19.2 Å². The van der Waals surface area contributed by atoms with E-state index in [0.717, 1.165) is 165 Å². The SMILES string of the molecule is CC(C)(C)OC(=O)N(CC1(CC#N)CC1)[C@@H]1C[C@H]1c1ccccc1.CC(C)(C)OC(=O)N(CC1(CC(=N)CO)CC1)[C@@H]1C[C@H]1c1ccccc1.CC(C)(C)OC(=O)NC1CCC(c2nc(CC3(CN(C(=O)OC(C)(C)C)[C@@H]4C[C@H]4c4ccccc4)CC3)no2)CC1.CC1CCC(C(=O)O)CC1.NC1CCC(c2nc(CC3(CN[C@@H]4C[C@H]4c4ccccc4)CC3)no2)CC1. The van der Waals surface area contributed by atoms with Gasteiger partial charge in [-0.2, -0.15) is 15.2 Å². The molecule has 6 aromatic rings. The molecule has 2 aromatic heterocycles. The molecule has 7 N–H and O–H groups in total. The third kappa shape index (κ3) is 28.9. The summed E-state index contributed by atoms with van der Waals surface area (Å²) in [6.45, 7) is 27.6. The Kier molecular flexibility index (Phi) is 30.9. The van der Waals surface area contributed by atoms with E-state index in [1.165, 1.54) is 41.5 Å². The van der Waals surface area contributed by atoms with Gasteiger partial charge in [-0.05, 0) is 288 Å². The maximum Gasteiger partial charge on any atom is 0.410 e. The highest BCUT2D eigenvalue weighted by Crippen LogP contribution is 2.57. The number of nitrogens with two attached hydrogens (primary N) is 1. The molecule has 2 heterocycles. The predicted octanol–water partition coefficient (Wildman–Crippen LogP) is 20.6. The minimum Gasteiger partial charge on any atom is -0.481 e. The highest BCUT2D eigenvalue weighted by Gasteiger charge is 2.56. The highest BCUT2D eigenvalue weighted by atomic mass is 16.6. The number of benzene rings is 4. The molecule has 8 atom stereocenters. The Morgan fingerprint density at radius 1 is 0.500 bits per heavy atom. The van der Waals surface area contributed by atoms with Crippen LogP contribution >= 0.6 is 0 Å². The smallest absolute Gasteiger partial charge is 0.410 e. The van der Waals surface area contributed by atoms with Crippen molar-refractivity contribution < 1.29 is 62.2 Å². The van der Waals surface area contributed by atoms with Crippen LogP contribution < -0.4 is 16.4 Å². The summed E-state index contributed by atoms with van der Waals surface area (Å²) in [5.41, 5.74) is 9.80. The monoisotopic (exact) mass is 1760 g/mol. The van der Waals surface area contributed by atoms with Crippen LogP contribution in [-0.2, 0) is 36.6 Å². The van der Waals surface area contributed by atoms with Gasteiger partial charge in [0.2, 0.25) is 11.8 Å². The lowest BCUT2D eigenvalue weighted by Gasteiger charge is -2.31. The number of rotatable bonds is 28. The average molecular weight is 1760 g/mol. The van der Waals surface area contributed by atoms with Crippen molar-refractivity contribution >= 4 is 36.1 Å². The third-order valence-electron chi connectivity index (χ3n) is 27.7. The molecule has 128 heavy (non-hydrogen) atoms. The number of hydrogen-bond donors (Lipinski definition) is 6. The summed E-state index contributed by atoms with van der Waals surface area (Å²) in [7, 11) is 0. The Balaban J connectivity index is 0.000000143. The average Bonchev–Trinajstić information content (AvgIpc) is 1.58. The Hall–Kier alpha value is -9.25. The number of carboxylic acids is 1. The first kappa shape index (κ1) is 96.3. The normalized spacial score (nSPS) is 26.6. The molecule has 11 fully saturated rings. The van der Waals surface area contributed by atoms with Gasteiger partial charge in [0.1, 0.15) is 22.4 Å². The van der Waals surface area contributed by atoms with Crippen molar-refractivity contribution in [1.82, 2.24) is 45.6 Å². The van der Waals surface area contributed by atoms with E-state index in [-0.39, 0.29) is 83.2 Å². The number of nitrogens with zero attached hydrogens (tertiary/aromatic N) is 8. The van der Waals surface area contributed by atoms with Gasteiger partial charge < -0.3 is 74.7 Å². The fraction of sp³-hybridized carbons (Fsp3) is 0.660. The number of aromatic nitrogens is 4. The summed E-state index contributed by atoms with van der Waals surface area (Å²) in [6, 6.07) is 45.8. The van der Waals surface area contributed by atoms with Crippen molar-refractivity contribution in [2.75, 3.05) is 32.8 Å². The second kappa shape index (κ2) is 41.0. The lowest BCUT2D eigenvalue weighted by Crippen LogP contribution is -2.42. The van der Waals surface area contributed by atoms with Gasteiger partial charge in [0.05, 0.1) is 18.6 Å². The van der Waals surface area contributed by atoms with Gasteiger partial charge in [-0.15, -0.1) is 0 Å².